The Bertz CT molecular complexity index is 1170. The molecule has 3 rings (SSSR count). The van der Waals surface area contributed by atoms with Gasteiger partial charge in [0, 0.05) is 10.4 Å². The van der Waals surface area contributed by atoms with Crippen molar-refractivity contribution in [2.75, 3.05) is 13.2 Å². The molecule has 2 N–H and O–H groups in total. The van der Waals surface area contributed by atoms with Gasteiger partial charge < -0.3 is 15.0 Å². The fraction of sp³-hybridized carbons (Fsp3) is 0.238. The van der Waals surface area contributed by atoms with Crippen molar-refractivity contribution in [2.24, 2.45) is 0 Å². The first-order valence-electron chi connectivity index (χ1n) is 8.94. The van der Waals surface area contributed by atoms with Gasteiger partial charge in [0.1, 0.15) is 10.7 Å². The summed E-state index contributed by atoms with van der Waals surface area (Å²) in [6.45, 7) is 3.66. The lowest BCUT2D eigenvalue weighted by Gasteiger charge is -2.06. The summed E-state index contributed by atoms with van der Waals surface area (Å²) in [6, 6.07) is 6.44. The van der Waals surface area contributed by atoms with Crippen LogP contribution in [0.1, 0.15) is 27.7 Å². The molecule has 0 fully saturated rings. The van der Waals surface area contributed by atoms with Crippen LogP contribution in [0.3, 0.4) is 0 Å². The number of carbonyl (C=O) groups excluding carboxylic acids is 2. The van der Waals surface area contributed by atoms with Gasteiger partial charge in [-0.2, -0.15) is 0 Å². The SMILES string of the molecule is C#CCNC(=O)COC(=O)c1ccc(-c2nc3sc(C)c(CC)c3c(=O)[nH]2)cc1. The molecule has 0 spiro atoms. The number of terminal acetylenes is 1. The Hall–Kier alpha value is -3.44. The Morgan fingerprint density at radius 2 is 2.03 bits per heavy atom. The number of nitrogens with one attached hydrogen (secondary N) is 2. The van der Waals surface area contributed by atoms with Crippen LogP contribution in [0.15, 0.2) is 29.1 Å². The summed E-state index contributed by atoms with van der Waals surface area (Å²) in [5.41, 5.74) is 1.79. The monoisotopic (exact) mass is 409 g/mol. The molecule has 0 atom stereocenters. The third-order valence-corrected chi connectivity index (χ3v) is 5.37. The van der Waals surface area contributed by atoms with Crippen molar-refractivity contribution >= 4 is 33.4 Å². The smallest absolute Gasteiger partial charge is 0.338 e. The predicted octanol–water partition coefficient (Wildman–Crippen LogP) is 2.43. The van der Waals surface area contributed by atoms with Crippen LogP contribution in [0, 0.1) is 19.3 Å². The number of ether oxygens (including phenoxy) is 1. The molecule has 0 saturated heterocycles. The zero-order valence-corrected chi connectivity index (χ0v) is 16.8. The molecule has 7 nitrogen and oxygen atoms in total. The summed E-state index contributed by atoms with van der Waals surface area (Å²) in [5.74, 6) is 1.58. The maximum absolute atomic E-state index is 12.6. The Kier molecular flexibility index (Phi) is 6.10. The lowest BCUT2D eigenvalue weighted by Crippen LogP contribution is -2.28. The highest BCUT2D eigenvalue weighted by molar-refractivity contribution is 7.18. The molecule has 1 aromatic carbocycles. The number of thiophene rings is 1. The third kappa shape index (κ3) is 4.36. The van der Waals surface area contributed by atoms with Gasteiger partial charge in [-0.1, -0.05) is 25.0 Å². The van der Waals surface area contributed by atoms with Crippen molar-refractivity contribution in [1.29, 1.82) is 0 Å². The van der Waals surface area contributed by atoms with E-state index in [0.29, 0.717) is 21.6 Å². The Morgan fingerprint density at radius 1 is 1.31 bits per heavy atom. The standard InChI is InChI=1S/C21H19N3O4S/c1-4-10-22-16(25)11-28-21(27)14-8-6-13(7-9-14)18-23-19(26)17-15(5-2)12(3)29-20(17)24-18/h1,6-9H,5,10-11H2,2-3H3,(H,22,25)(H,23,24,26). The summed E-state index contributed by atoms with van der Waals surface area (Å²) in [4.78, 5) is 45.2. The van der Waals surface area contributed by atoms with Crippen LogP contribution in [0.25, 0.3) is 21.6 Å². The lowest BCUT2D eigenvalue weighted by molar-refractivity contribution is -0.123. The number of hydrogen-bond donors (Lipinski definition) is 2. The van der Waals surface area contributed by atoms with E-state index in [0.717, 1.165) is 16.9 Å². The molecule has 0 radical (unpaired) electrons. The zero-order valence-electron chi connectivity index (χ0n) is 16.0. The van der Waals surface area contributed by atoms with Crippen LogP contribution >= 0.6 is 11.3 Å². The summed E-state index contributed by atoms with van der Waals surface area (Å²) in [6.07, 6.45) is 5.81. The summed E-state index contributed by atoms with van der Waals surface area (Å²) >= 11 is 1.49. The highest BCUT2D eigenvalue weighted by atomic mass is 32.1. The van der Waals surface area contributed by atoms with E-state index in [2.05, 4.69) is 21.2 Å². The number of H-pyrrole nitrogens is 1. The minimum Gasteiger partial charge on any atom is -0.452 e. The molecular weight excluding hydrogens is 390 g/mol. The minimum absolute atomic E-state index is 0.0736. The van der Waals surface area contributed by atoms with Gasteiger partial charge in [0.2, 0.25) is 0 Å². The van der Waals surface area contributed by atoms with E-state index in [4.69, 9.17) is 11.2 Å². The zero-order chi connectivity index (χ0) is 21.0. The van der Waals surface area contributed by atoms with E-state index in [1.54, 1.807) is 24.3 Å². The second kappa shape index (κ2) is 8.71. The molecule has 8 heteroatoms. The van der Waals surface area contributed by atoms with Gasteiger partial charge in [-0.25, -0.2) is 9.78 Å². The first-order chi connectivity index (χ1) is 13.9. The van der Waals surface area contributed by atoms with Crippen LogP contribution < -0.4 is 10.9 Å². The first kappa shape index (κ1) is 20.3. The molecule has 0 bridgehead atoms. The van der Waals surface area contributed by atoms with Gasteiger partial charge in [-0.05, 0) is 31.0 Å². The minimum atomic E-state index is -0.634. The number of nitrogens with zero attached hydrogens (tertiary/aromatic N) is 1. The predicted molar refractivity (Wildman–Crippen MR) is 112 cm³/mol. The highest BCUT2D eigenvalue weighted by Gasteiger charge is 2.15. The first-order valence-corrected chi connectivity index (χ1v) is 9.76. The van der Waals surface area contributed by atoms with E-state index in [1.165, 1.54) is 11.3 Å². The Labute approximate surface area is 171 Å². The molecule has 29 heavy (non-hydrogen) atoms. The molecule has 1 amide bonds. The van der Waals surface area contributed by atoms with Crippen LogP contribution in [0.5, 0.6) is 0 Å². The molecule has 0 saturated carbocycles. The average Bonchev–Trinajstić information content (AvgIpc) is 3.05. The third-order valence-electron chi connectivity index (χ3n) is 4.33. The van der Waals surface area contributed by atoms with Gasteiger partial charge in [0.25, 0.3) is 11.5 Å². The second-order valence-electron chi connectivity index (χ2n) is 6.22. The summed E-state index contributed by atoms with van der Waals surface area (Å²) in [7, 11) is 0. The van der Waals surface area contributed by atoms with Crippen LogP contribution in [-0.2, 0) is 16.0 Å². The number of esters is 1. The van der Waals surface area contributed by atoms with E-state index in [9.17, 15) is 14.4 Å². The topological polar surface area (TPSA) is 101 Å². The van der Waals surface area contributed by atoms with E-state index < -0.39 is 18.5 Å². The van der Waals surface area contributed by atoms with Crippen molar-refractivity contribution in [3.05, 3.63) is 50.6 Å². The van der Waals surface area contributed by atoms with E-state index in [1.807, 2.05) is 13.8 Å². The van der Waals surface area contributed by atoms with Gasteiger partial charge >= 0.3 is 5.97 Å². The molecule has 0 aliphatic rings. The van der Waals surface area contributed by atoms with Gasteiger partial charge in [0.15, 0.2) is 6.61 Å². The maximum Gasteiger partial charge on any atom is 0.338 e. The van der Waals surface area contributed by atoms with Crippen LogP contribution in [0.4, 0.5) is 0 Å². The van der Waals surface area contributed by atoms with Crippen molar-refractivity contribution in [3.8, 4) is 23.7 Å². The van der Waals surface area contributed by atoms with E-state index >= 15 is 0 Å². The normalized spacial score (nSPS) is 10.5. The Morgan fingerprint density at radius 3 is 2.69 bits per heavy atom. The molecule has 2 aromatic heterocycles. The molecule has 0 unspecified atom stereocenters. The lowest BCUT2D eigenvalue weighted by atomic mass is 10.1. The van der Waals surface area contributed by atoms with Crippen molar-refractivity contribution in [1.82, 2.24) is 15.3 Å². The largest absolute Gasteiger partial charge is 0.452 e. The Balaban J connectivity index is 1.78. The van der Waals surface area contributed by atoms with Gasteiger partial charge in [0.05, 0.1) is 17.5 Å². The van der Waals surface area contributed by atoms with Gasteiger partial charge in [-0.3, -0.25) is 9.59 Å². The number of aryl methyl sites for hydroxylation is 2. The number of carbonyl (C=O) groups is 2. The van der Waals surface area contributed by atoms with Gasteiger partial charge in [-0.15, -0.1) is 17.8 Å². The number of aromatic nitrogens is 2. The fourth-order valence-electron chi connectivity index (χ4n) is 2.92. The molecule has 2 heterocycles. The maximum atomic E-state index is 12.6. The number of hydrogen-bond acceptors (Lipinski definition) is 6. The average molecular weight is 409 g/mol. The van der Waals surface area contributed by atoms with Crippen molar-refractivity contribution in [2.45, 2.75) is 20.3 Å². The number of aromatic amines is 1. The summed E-state index contributed by atoms with van der Waals surface area (Å²) in [5, 5.41) is 3.05. The highest BCUT2D eigenvalue weighted by Crippen LogP contribution is 2.28. The van der Waals surface area contributed by atoms with E-state index in [-0.39, 0.29) is 17.7 Å². The van der Waals surface area contributed by atoms with Crippen LogP contribution in [-0.4, -0.2) is 35.0 Å². The fourth-order valence-corrected chi connectivity index (χ4v) is 4.03. The van der Waals surface area contributed by atoms with Crippen molar-refractivity contribution < 1.29 is 14.3 Å². The van der Waals surface area contributed by atoms with Crippen LogP contribution in [0.2, 0.25) is 0 Å². The molecule has 3 aromatic rings. The second-order valence-corrected chi connectivity index (χ2v) is 7.42. The molecule has 0 aliphatic heterocycles. The molecule has 148 valence electrons. The number of fused-ring (bicyclic) bond motifs is 1. The molecular formula is C21H19N3O4S. The number of rotatable bonds is 6. The summed E-state index contributed by atoms with van der Waals surface area (Å²) < 4.78 is 4.95. The quantitative estimate of drug-likeness (QED) is 0.481. The molecule has 0 aliphatic carbocycles. The number of benzene rings is 1. The van der Waals surface area contributed by atoms with Crippen molar-refractivity contribution in [3.63, 3.8) is 0 Å². The number of amides is 1.